The van der Waals surface area contributed by atoms with Gasteiger partial charge in [0, 0.05) is 7.11 Å². The molecule has 0 spiro atoms. The van der Waals surface area contributed by atoms with Gasteiger partial charge >= 0.3 is 12.2 Å². The van der Waals surface area contributed by atoms with Crippen LogP contribution in [0, 0.1) is 11.6 Å². The maximum atomic E-state index is 14.0. The molecule has 2 saturated heterocycles. The summed E-state index contributed by atoms with van der Waals surface area (Å²) in [6.45, 7) is -1.51. The molecule has 0 aromatic heterocycles. The molecule has 0 saturated carbocycles. The Labute approximate surface area is 248 Å². The Kier molecular flexibility index (Phi) is 11.4. The number of amides is 2. The van der Waals surface area contributed by atoms with E-state index >= 15 is 0 Å². The van der Waals surface area contributed by atoms with Gasteiger partial charge in [-0.2, -0.15) is 0 Å². The van der Waals surface area contributed by atoms with Crippen LogP contribution in [0.25, 0.3) is 0 Å². The van der Waals surface area contributed by atoms with Crippen LogP contribution in [-0.2, 0) is 28.4 Å². The molecule has 10 atom stereocenters. The van der Waals surface area contributed by atoms with Crippen molar-refractivity contribution >= 4 is 23.6 Å². The normalized spacial score (nSPS) is 32.0. The summed E-state index contributed by atoms with van der Waals surface area (Å²) in [7, 11) is 1.19. The Morgan fingerprint density at radius 1 is 0.773 bits per heavy atom. The van der Waals surface area contributed by atoms with Crippen molar-refractivity contribution in [1.29, 1.82) is 0 Å². The number of benzene rings is 2. The molecule has 0 radical (unpaired) electrons. The standard InChI is InChI=1S/C27H32F2N2O13/c1-39-24-20(35)18(33)22(16(10-32)41-24)43-25-21(36)19(34)23(44-27(38)31-15-9-5-3-7-13(15)29)17(42-25)11-40-26(37)30-14-8-4-2-6-12(14)28/h2-9,16-25,32-36H,10-11H2,1H3,(H,30,37)(H,31,38)/t16-,17-,18-,19-,20-,21-,22-,23-,24-,25+/m1/s1. The third kappa shape index (κ3) is 7.76. The number of aliphatic hydroxyl groups is 5. The van der Waals surface area contributed by atoms with Gasteiger partial charge in [0.1, 0.15) is 61.0 Å². The summed E-state index contributed by atoms with van der Waals surface area (Å²) in [5, 5.41) is 56.7. The molecule has 0 aliphatic carbocycles. The molecular formula is C27H32F2N2O13. The molecule has 44 heavy (non-hydrogen) atoms. The van der Waals surface area contributed by atoms with Gasteiger partial charge in [-0.25, -0.2) is 18.4 Å². The fourth-order valence-corrected chi connectivity index (χ4v) is 4.56. The fourth-order valence-electron chi connectivity index (χ4n) is 4.56. The van der Waals surface area contributed by atoms with Crippen LogP contribution in [0.1, 0.15) is 0 Å². The van der Waals surface area contributed by atoms with Gasteiger partial charge in [-0.15, -0.1) is 0 Å². The second-order valence-corrected chi connectivity index (χ2v) is 9.75. The number of para-hydroxylation sites is 2. The molecule has 17 heteroatoms. The Morgan fingerprint density at radius 3 is 1.86 bits per heavy atom. The topological polar surface area (TPSA) is 215 Å². The summed E-state index contributed by atoms with van der Waals surface area (Å²) >= 11 is 0. The number of carbonyl (C=O) groups is 2. The van der Waals surface area contributed by atoms with Crippen LogP contribution >= 0.6 is 0 Å². The van der Waals surface area contributed by atoms with Crippen molar-refractivity contribution in [3.63, 3.8) is 0 Å². The summed E-state index contributed by atoms with van der Waals surface area (Å²) < 4.78 is 59.9. The largest absolute Gasteiger partial charge is 0.446 e. The molecule has 2 aromatic carbocycles. The lowest BCUT2D eigenvalue weighted by atomic mass is 9.97. The molecule has 2 aromatic rings. The smallest absolute Gasteiger partial charge is 0.412 e. The zero-order valence-corrected chi connectivity index (χ0v) is 23.1. The number of rotatable bonds is 9. The van der Waals surface area contributed by atoms with Crippen LogP contribution in [-0.4, -0.2) is 119 Å². The molecule has 2 aliphatic heterocycles. The zero-order valence-electron chi connectivity index (χ0n) is 23.1. The first-order valence-electron chi connectivity index (χ1n) is 13.3. The number of halogens is 2. The lowest BCUT2D eigenvalue weighted by molar-refractivity contribution is -0.356. The van der Waals surface area contributed by atoms with Gasteiger partial charge in [0.15, 0.2) is 18.7 Å². The van der Waals surface area contributed by atoms with Crippen molar-refractivity contribution in [2.24, 2.45) is 0 Å². The Balaban J connectivity index is 1.51. The van der Waals surface area contributed by atoms with E-state index in [2.05, 4.69) is 10.6 Å². The summed E-state index contributed by atoms with van der Waals surface area (Å²) in [6.07, 6.45) is -19.2. The van der Waals surface area contributed by atoms with Crippen molar-refractivity contribution in [3.8, 4) is 0 Å². The highest BCUT2D eigenvalue weighted by molar-refractivity contribution is 5.85. The molecule has 4 rings (SSSR count). The summed E-state index contributed by atoms with van der Waals surface area (Å²) in [5.74, 6) is -1.56. The van der Waals surface area contributed by atoms with E-state index in [0.717, 1.165) is 12.1 Å². The molecule has 2 aliphatic rings. The zero-order chi connectivity index (χ0) is 32.0. The summed E-state index contributed by atoms with van der Waals surface area (Å²) in [6, 6.07) is 10.3. The number of hydrogen-bond acceptors (Lipinski definition) is 13. The third-order valence-electron chi connectivity index (χ3n) is 6.83. The minimum atomic E-state index is -1.99. The average Bonchev–Trinajstić information content (AvgIpc) is 3.00. The highest BCUT2D eigenvalue weighted by atomic mass is 19.1. The third-order valence-corrected chi connectivity index (χ3v) is 6.83. The van der Waals surface area contributed by atoms with Gasteiger partial charge in [-0.3, -0.25) is 10.6 Å². The first kappa shape index (κ1) is 33.4. The van der Waals surface area contributed by atoms with Crippen molar-refractivity contribution in [2.45, 2.75) is 61.4 Å². The van der Waals surface area contributed by atoms with Crippen LogP contribution in [0.4, 0.5) is 29.7 Å². The second-order valence-electron chi connectivity index (χ2n) is 9.75. The molecular weight excluding hydrogens is 598 g/mol. The quantitative estimate of drug-likeness (QED) is 0.195. The van der Waals surface area contributed by atoms with E-state index in [9.17, 15) is 43.9 Å². The number of aliphatic hydroxyl groups excluding tert-OH is 5. The maximum Gasteiger partial charge on any atom is 0.412 e. The van der Waals surface area contributed by atoms with Gasteiger partial charge in [-0.1, -0.05) is 24.3 Å². The second kappa shape index (κ2) is 15.0. The Bertz CT molecular complexity index is 1270. The highest BCUT2D eigenvalue weighted by Gasteiger charge is 2.52. The lowest BCUT2D eigenvalue weighted by Crippen LogP contribution is -2.65. The molecule has 242 valence electrons. The van der Waals surface area contributed by atoms with Crippen LogP contribution in [0.15, 0.2) is 48.5 Å². The van der Waals surface area contributed by atoms with E-state index in [0.29, 0.717) is 0 Å². The van der Waals surface area contributed by atoms with Gasteiger partial charge < -0.3 is 54.0 Å². The lowest BCUT2D eigenvalue weighted by Gasteiger charge is -2.46. The Hall–Kier alpha value is -3.52. The number of carbonyl (C=O) groups excluding carboxylic acids is 2. The molecule has 15 nitrogen and oxygen atoms in total. The molecule has 0 unspecified atom stereocenters. The predicted molar refractivity (Wildman–Crippen MR) is 142 cm³/mol. The van der Waals surface area contributed by atoms with Crippen LogP contribution in [0.2, 0.25) is 0 Å². The predicted octanol–water partition coefficient (Wildman–Crippen LogP) is 0.0479. The van der Waals surface area contributed by atoms with Gasteiger partial charge in [0.25, 0.3) is 0 Å². The van der Waals surface area contributed by atoms with E-state index < -0.39 is 98.4 Å². The number of ether oxygens (including phenoxy) is 6. The molecule has 2 amide bonds. The number of nitrogens with one attached hydrogen (secondary N) is 2. The number of hydrogen-bond donors (Lipinski definition) is 7. The van der Waals surface area contributed by atoms with Gasteiger partial charge in [0.2, 0.25) is 0 Å². The molecule has 7 N–H and O–H groups in total. The first-order chi connectivity index (χ1) is 21.0. The Morgan fingerprint density at radius 2 is 1.30 bits per heavy atom. The summed E-state index contributed by atoms with van der Waals surface area (Å²) in [4.78, 5) is 25.0. The van der Waals surface area contributed by atoms with E-state index in [1.54, 1.807) is 0 Å². The number of anilines is 2. The molecule has 2 heterocycles. The summed E-state index contributed by atoms with van der Waals surface area (Å²) in [5.41, 5.74) is -0.484. The van der Waals surface area contributed by atoms with Crippen LogP contribution < -0.4 is 10.6 Å². The SMILES string of the molecule is CO[C@@H]1O[C@H](CO)[C@@H](O[C@@H]2O[C@H](COC(=O)Nc3ccccc3F)[C@@H](OC(=O)Nc3ccccc3F)[C@H](O)[C@H]2O)[C@H](O)[C@H]1O. The van der Waals surface area contributed by atoms with E-state index in [-0.39, 0.29) is 11.4 Å². The fraction of sp³-hybridized carbons (Fsp3) is 0.481. The average molecular weight is 631 g/mol. The first-order valence-corrected chi connectivity index (χ1v) is 13.3. The number of methoxy groups -OCH3 is 1. The van der Waals surface area contributed by atoms with E-state index in [4.69, 9.17) is 28.4 Å². The van der Waals surface area contributed by atoms with Crippen molar-refractivity contribution in [3.05, 3.63) is 60.2 Å². The molecule has 0 bridgehead atoms. The minimum Gasteiger partial charge on any atom is -0.446 e. The van der Waals surface area contributed by atoms with Gasteiger partial charge in [-0.05, 0) is 24.3 Å². The van der Waals surface area contributed by atoms with Crippen molar-refractivity contribution in [2.75, 3.05) is 31.0 Å². The maximum absolute atomic E-state index is 14.0. The van der Waals surface area contributed by atoms with Crippen molar-refractivity contribution in [1.82, 2.24) is 0 Å². The highest BCUT2D eigenvalue weighted by Crippen LogP contribution is 2.31. The van der Waals surface area contributed by atoms with E-state index in [1.165, 1.54) is 43.5 Å². The van der Waals surface area contributed by atoms with Crippen LogP contribution in [0.3, 0.4) is 0 Å². The molecule has 2 fully saturated rings. The van der Waals surface area contributed by atoms with E-state index in [1.807, 2.05) is 0 Å². The monoisotopic (exact) mass is 630 g/mol. The van der Waals surface area contributed by atoms with Gasteiger partial charge in [0.05, 0.1) is 18.0 Å². The minimum absolute atomic E-state index is 0.218. The van der Waals surface area contributed by atoms with Crippen molar-refractivity contribution < 1.29 is 72.3 Å². The van der Waals surface area contributed by atoms with Crippen LogP contribution in [0.5, 0.6) is 0 Å².